The van der Waals surface area contributed by atoms with Crippen molar-refractivity contribution in [1.82, 2.24) is 10.1 Å². The normalized spacial score (nSPS) is 20.0. The van der Waals surface area contributed by atoms with E-state index in [0.717, 1.165) is 23.6 Å². The fourth-order valence-corrected chi connectivity index (χ4v) is 3.38. The highest BCUT2D eigenvalue weighted by Gasteiger charge is 2.32. The highest BCUT2D eigenvalue weighted by Crippen LogP contribution is 2.30. The van der Waals surface area contributed by atoms with E-state index in [9.17, 15) is 9.90 Å². The smallest absolute Gasteiger partial charge is 0.255 e. The van der Waals surface area contributed by atoms with Gasteiger partial charge in [-0.1, -0.05) is 11.2 Å². The van der Waals surface area contributed by atoms with Gasteiger partial charge in [0.05, 0.1) is 18.9 Å². The van der Waals surface area contributed by atoms with Crippen LogP contribution in [0.5, 0.6) is 11.5 Å². The predicted octanol–water partition coefficient (Wildman–Crippen LogP) is 0.891. The molecular formula is C19H25N3O5. The lowest BCUT2D eigenvalue weighted by molar-refractivity contribution is -0.119. The summed E-state index contributed by atoms with van der Waals surface area (Å²) in [4.78, 5) is 13.1. The van der Waals surface area contributed by atoms with Gasteiger partial charge >= 0.3 is 0 Å². The quantitative estimate of drug-likeness (QED) is 0.705. The molecule has 3 N–H and O–H groups in total. The Kier molecular flexibility index (Phi) is 5.98. The SMILES string of the molecule is COc1cc(CN2C[C@@H](Cc3cc(C)no3)[C@H](O)C2)ccc1OCC(N)=O. The van der Waals surface area contributed by atoms with Crippen molar-refractivity contribution in [3.63, 3.8) is 0 Å². The van der Waals surface area contributed by atoms with Crippen molar-refractivity contribution < 1.29 is 23.9 Å². The van der Waals surface area contributed by atoms with Crippen LogP contribution in [0.1, 0.15) is 17.0 Å². The van der Waals surface area contributed by atoms with Crippen molar-refractivity contribution in [1.29, 1.82) is 0 Å². The van der Waals surface area contributed by atoms with E-state index in [2.05, 4.69) is 10.1 Å². The molecule has 2 atom stereocenters. The Morgan fingerprint density at radius 3 is 2.85 bits per heavy atom. The summed E-state index contributed by atoms with van der Waals surface area (Å²) in [5.74, 6) is 1.39. The highest BCUT2D eigenvalue weighted by atomic mass is 16.5. The molecule has 0 bridgehead atoms. The van der Waals surface area contributed by atoms with E-state index in [4.69, 9.17) is 19.7 Å². The van der Waals surface area contributed by atoms with Gasteiger partial charge in [-0.05, 0) is 24.6 Å². The highest BCUT2D eigenvalue weighted by molar-refractivity contribution is 5.75. The number of aryl methyl sites for hydroxylation is 1. The number of hydrogen-bond donors (Lipinski definition) is 2. The maximum Gasteiger partial charge on any atom is 0.255 e. The van der Waals surface area contributed by atoms with Gasteiger partial charge in [0.1, 0.15) is 5.76 Å². The molecule has 0 aliphatic carbocycles. The molecule has 0 unspecified atom stereocenters. The molecule has 146 valence electrons. The van der Waals surface area contributed by atoms with Crippen LogP contribution < -0.4 is 15.2 Å². The molecule has 1 fully saturated rings. The van der Waals surface area contributed by atoms with Crippen LogP contribution in [0.4, 0.5) is 0 Å². The van der Waals surface area contributed by atoms with E-state index in [1.165, 1.54) is 0 Å². The molecule has 1 amide bonds. The van der Waals surface area contributed by atoms with E-state index in [1.54, 1.807) is 13.2 Å². The fraction of sp³-hybridized carbons (Fsp3) is 0.474. The number of benzene rings is 1. The Morgan fingerprint density at radius 1 is 1.37 bits per heavy atom. The molecule has 0 saturated carbocycles. The number of methoxy groups -OCH3 is 1. The van der Waals surface area contributed by atoms with Gasteiger partial charge < -0.3 is 24.8 Å². The zero-order chi connectivity index (χ0) is 19.4. The summed E-state index contributed by atoms with van der Waals surface area (Å²) in [6.45, 7) is 3.73. The molecule has 1 aromatic heterocycles. The van der Waals surface area contributed by atoms with Crippen molar-refractivity contribution >= 4 is 5.91 Å². The molecule has 8 nitrogen and oxygen atoms in total. The minimum Gasteiger partial charge on any atom is -0.493 e. The van der Waals surface area contributed by atoms with Gasteiger partial charge in [-0.2, -0.15) is 0 Å². The average Bonchev–Trinajstić information content (AvgIpc) is 3.19. The van der Waals surface area contributed by atoms with Crippen molar-refractivity contribution in [3.8, 4) is 11.5 Å². The number of primary amides is 1. The number of aromatic nitrogens is 1. The standard InChI is InChI=1S/C19H25N3O5/c1-12-5-15(27-21-12)7-14-9-22(10-16(14)23)8-13-3-4-17(18(6-13)25-2)26-11-19(20)24/h3-6,14,16,23H,7-11H2,1-2H3,(H2,20,24)/t14-,16-/m1/s1. The first-order chi connectivity index (χ1) is 12.9. The maximum absolute atomic E-state index is 10.9. The third-order valence-electron chi connectivity index (χ3n) is 4.63. The lowest BCUT2D eigenvalue weighted by Gasteiger charge is -2.17. The molecule has 0 radical (unpaired) electrons. The van der Waals surface area contributed by atoms with Gasteiger partial charge in [-0.25, -0.2) is 0 Å². The van der Waals surface area contributed by atoms with Gasteiger partial charge in [0.2, 0.25) is 0 Å². The van der Waals surface area contributed by atoms with Crippen molar-refractivity contribution in [3.05, 3.63) is 41.3 Å². The molecule has 1 aromatic carbocycles. The van der Waals surface area contributed by atoms with Crippen molar-refractivity contribution in [2.24, 2.45) is 11.7 Å². The minimum atomic E-state index is -0.542. The molecule has 0 spiro atoms. The first-order valence-corrected chi connectivity index (χ1v) is 8.85. The van der Waals surface area contributed by atoms with E-state index in [0.29, 0.717) is 31.0 Å². The Labute approximate surface area is 157 Å². The minimum absolute atomic E-state index is 0.109. The third kappa shape index (κ3) is 4.99. The molecule has 2 heterocycles. The summed E-state index contributed by atoms with van der Waals surface area (Å²) in [7, 11) is 1.55. The molecule has 3 rings (SSSR count). The number of rotatable bonds is 8. The van der Waals surface area contributed by atoms with Gasteiger partial charge in [0.15, 0.2) is 18.1 Å². The molecule has 1 saturated heterocycles. The second-order valence-electron chi connectivity index (χ2n) is 6.90. The fourth-order valence-electron chi connectivity index (χ4n) is 3.38. The lowest BCUT2D eigenvalue weighted by atomic mass is 10.0. The van der Waals surface area contributed by atoms with Gasteiger partial charge in [0.25, 0.3) is 5.91 Å². The van der Waals surface area contributed by atoms with Crippen molar-refractivity contribution in [2.75, 3.05) is 26.8 Å². The van der Waals surface area contributed by atoms with Crippen molar-refractivity contribution in [2.45, 2.75) is 26.0 Å². The summed E-state index contributed by atoms with van der Waals surface area (Å²) >= 11 is 0. The number of aliphatic hydroxyl groups excluding tert-OH is 1. The second-order valence-corrected chi connectivity index (χ2v) is 6.90. The number of likely N-dealkylation sites (tertiary alicyclic amines) is 1. The number of nitrogens with two attached hydrogens (primary N) is 1. The molecule has 27 heavy (non-hydrogen) atoms. The predicted molar refractivity (Wildman–Crippen MR) is 97.4 cm³/mol. The van der Waals surface area contributed by atoms with E-state index in [-0.39, 0.29) is 12.5 Å². The first kappa shape index (κ1) is 19.2. The maximum atomic E-state index is 10.9. The van der Waals surface area contributed by atoms with E-state index < -0.39 is 12.0 Å². The zero-order valence-corrected chi connectivity index (χ0v) is 15.6. The Morgan fingerprint density at radius 2 is 2.19 bits per heavy atom. The average molecular weight is 375 g/mol. The Bertz CT molecular complexity index is 791. The van der Waals surface area contributed by atoms with E-state index >= 15 is 0 Å². The number of hydrogen-bond acceptors (Lipinski definition) is 7. The number of amides is 1. The summed E-state index contributed by atoms with van der Waals surface area (Å²) in [5.41, 5.74) is 6.98. The van der Waals surface area contributed by atoms with Gasteiger partial charge in [-0.3, -0.25) is 9.69 Å². The molecule has 1 aliphatic rings. The van der Waals surface area contributed by atoms with Gasteiger partial charge in [-0.15, -0.1) is 0 Å². The third-order valence-corrected chi connectivity index (χ3v) is 4.63. The second kappa shape index (κ2) is 8.41. The summed E-state index contributed by atoms with van der Waals surface area (Å²) in [6, 6.07) is 7.46. The number of aliphatic hydroxyl groups is 1. The largest absolute Gasteiger partial charge is 0.493 e. The van der Waals surface area contributed by atoms with Crippen LogP contribution in [0.2, 0.25) is 0 Å². The van der Waals surface area contributed by atoms with Crippen LogP contribution >= 0.6 is 0 Å². The Balaban J connectivity index is 1.60. The zero-order valence-electron chi connectivity index (χ0n) is 15.6. The number of nitrogens with zero attached hydrogens (tertiary/aromatic N) is 2. The summed E-state index contributed by atoms with van der Waals surface area (Å²) in [5, 5.41) is 14.3. The van der Waals surface area contributed by atoms with Crippen LogP contribution in [-0.4, -0.2) is 54.0 Å². The molecule has 1 aliphatic heterocycles. The molecule has 2 aromatic rings. The van der Waals surface area contributed by atoms with E-state index in [1.807, 2.05) is 25.1 Å². The van der Waals surface area contributed by atoms with Gasteiger partial charge in [0, 0.05) is 38.0 Å². The monoisotopic (exact) mass is 375 g/mol. The number of carbonyl (C=O) groups is 1. The Hall–Kier alpha value is -2.58. The number of carbonyl (C=O) groups excluding carboxylic acids is 1. The molecule has 8 heteroatoms. The van der Waals surface area contributed by atoms with Crippen LogP contribution in [0.15, 0.2) is 28.8 Å². The molecular weight excluding hydrogens is 350 g/mol. The van der Waals surface area contributed by atoms with Crippen LogP contribution in [-0.2, 0) is 17.8 Å². The summed E-state index contributed by atoms with van der Waals surface area (Å²) < 4.78 is 16.0. The number of β-amino-alcohol motifs (C(OH)–C–C–N with tert-alkyl or cyclic N) is 1. The van der Waals surface area contributed by atoms with Crippen LogP contribution in [0, 0.1) is 12.8 Å². The number of ether oxygens (including phenoxy) is 2. The topological polar surface area (TPSA) is 111 Å². The first-order valence-electron chi connectivity index (χ1n) is 8.85. The lowest BCUT2D eigenvalue weighted by Crippen LogP contribution is -2.21. The summed E-state index contributed by atoms with van der Waals surface area (Å²) in [6.07, 6.45) is 0.261. The van der Waals surface area contributed by atoms with Crippen LogP contribution in [0.3, 0.4) is 0 Å². The van der Waals surface area contributed by atoms with Crippen LogP contribution in [0.25, 0.3) is 0 Å².